The largest absolute Gasteiger partial charge is 0.327 e. The van der Waals surface area contributed by atoms with E-state index in [1.165, 1.54) is 25.7 Å². The predicted octanol–water partition coefficient (Wildman–Crippen LogP) is 1.87. The van der Waals surface area contributed by atoms with E-state index in [9.17, 15) is 4.79 Å². The molecule has 0 aromatic heterocycles. The van der Waals surface area contributed by atoms with Crippen molar-refractivity contribution in [2.24, 2.45) is 11.7 Å². The molecule has 0 radical (unpaired) electrons. The van der Waals surface area contributed by atoms with Crippen LogP contribution in [0.15, 0.2) is 0 Å². The normalized spacial score (nSPS) is 32.2. The van der Waals surface area contributed by atoms with Gasteiger partial charge in [-0.05, 0) is 19.8 Å². The third-order valence-corrected chi connectivity index (χ3v) is 2.84. The highest BCUT2D eigenvalue weighted by molar-refractivity contribution is 5.78. The average Bonchev–Trinajstić information content (AvgIpc) is 1.96. The van der Waals surface area contributed by atoms with Crippen LogP contribution in [0.25, 0.3) is 0 Å². The Balaban J connectivity index is 2.48. The van der Waals surface area contributed by atoms with Gasteiger partial charge in [-0.1, -0.05) is 25.7 Å². The summed E-state index contributed by atoms with van der Waals surface area (Å²) in [6, 6.07) is 0.128. The molecule has 2 atom stereocenters. The molecule has 0 bridgehead atoms. The molecule has 2 N–H and O–H groups in total. The van der Waals surface area contributed by atoms with Gasteiger partial charge < -0.3 is 5.73 Å². The maximum absolute atomic E-state index is 11.2. The van der Waals surface area contributed by atoms with Crippen LogP contribution in [0, 0.1) is 5.92 Å². The number of hydrogen-bond acceptors (Lipinski definition) is 2. The number of carbonyl (C=O) groups is 1. The third-order valence-electron chi connectivity index (χ3n) is 2.84. The SMILES string of the molecule is CC(=O)[C@H]1CCCCCC[C@@H]1N. The first kappa shape index (κ1) is 9.72. The average molecular weight is 169 g/mol. The van der Waals surface area contributed by atoms with Crippen LogP contribution in [-0.2, 0) is 4.79 Å². The molecule has 1 saturated carbocycles. The summed E-state index contributed by atoms with van der Waals surface area (Å²) in [6.07, 6.45) is 6.98. The summed E-state index contributed by atoms with van der Waals surface area (Å²) in [4.78, 5) is 11.2. The maximum Gasteiger partial charge on any atom is 0.134 e. The van der Waals surface area contributed by atoms with Crippen molar-refractivity contribution in [3.05, 3.63) is 0 Å². The standard InChI is InChI=1S/C10H19NO/c1-8(12)9-6-4-2-3-5-7-10(9)11/h9-10H,2-7,11H2,1H3/t9-,10+/m1/s1. The fourth-order valence-electron chi connectivity index (χ4n) is 2.02. The first-order valence-corrected chi connectivity index (χ1v) is 4.98. The van der Waals surface area contributed by atoms with E-state index in [0.29, 0.717) is 0 Å². The minimum absolute atomic E-state index is 0.128. The highest BCUT2D eigenvalue weighted by Gasteiger charge is 2.22. The van der Waals surface area contributed by atoms with E-state index >= 15 is 0 Å². The maximum atomic E-state index is 11.2. The molecule has 1 fully saturated rings. The van der Waals surface area contributed by atoms with Gasteiger partial charge in [0.25, 0.3) is 0 Å². The van der Waals surface area contributed by atoms with Gasteiger partial charge in [0.1, 0.15) is 5.78 Å². The van der Waals surface area contributed by atoms with E-state index in [1.54, 1.807) is 6.92 Å². The monoisotopic (exact) mass is 169 g/mol. The number of rotatable bonds is 1. The van der Waals surface area contributed by atoms with Gasteiger partial charge in [0.15, 0.2) is 0 Å². The van der Waals surface area contributed by atoms with Crippen molar-refractivity contribution in [2.45, 2.75) is 51.5 Å². The Morgan fingerprint density at radius 3 is 2.33 bits per heavy atom. The molecule has 0 aromatic rings. The highest BCUT2D eigenvalue weighted by Crippen LogP contribution is 2.21. The van der Waals surface area contributed by atoms with Crippen molar-refractivity contribution in [1.82, 2.24) is 0 Å². The van der Waals surface area contributed by atoms with Crippen LogP contribution in [0.3, 0.4) is 0 Å². The van der Waals surface area contributed by atoms with Crippen LogP contribution in [0.5, 0.6) is 0 Å². The van der Waals surface area contributed by atoms with Crippen molar-refractivity contribution < 1.29 is 4.79 Å². The molecular weight excluding hydrogens is 150 g/mol. The third kappa shape index (κ3) is 2.59. The molecule has 1 aliphatic carbocycles. The second kappa shape index (κ2) is 4.61. The zero-order chi connectivity index (χ0) is 8.97. The lowest BCUT2D eigenvalue weighted by atomic mass is 9.85. The van der Waals surface area contributed by atoms with Crippen LogP contribution in [-0.4, -0.2) is 11.8 Å². The van der Waals surface area contributed by atoms with E-state index in [4.69, 9.17) is 5.73 Å². The quantitative estimate of drug-likeness (QED) is 0.651. The van der Waals surface area contributed by atoms with Crippen LogP contribution < -0.4 is 5.73 Å². The van der Waals surface area contributed by atoms with Crippen LogP contribution in [0.1, 0.15) is 45.4 Å². The van der Waals surface area contributed by atoms with Gasteiger partial charge in [0.05, 0.1) is 0 Å². The van der Waals surface area contributed by atoms with E-state index in [0.717, 1.165) is 12.8 Å². The van der Waals surface area contributed by atoms with E-state index in [2.05, 4.69) is 0 Å². The molecular formula is C10H19NO. The molecule has 0 aliphatic heterocycles. The van der Waals surface area contributed by atoms with Crippen molar-refractivity contribution in [1.29, 1.82) is 0 Å². The van der Waals surface area contributed by atoms with Gasteiger partial charge in [-0.25, -0.2) is 0 Å². The topological polar surface area (TPSA) is 43.1 Å². The fourth-order valence-corrected chi connectivity index (χ4v) is 2.02. The Hall–Kier alpha value is -0.370. The summed E-state index contributed by atoms with van der Waals surface area (Å²) in [5.41, 5.74) is 5.93. The summed E-state index contributed by atoms with van der Waals surface area (Å²) in [5.74, 6) is 0.426. The summed E-state index contributed by atoms with van der Waals surface area (Å²) >= 11 is 0. The molecule has 12 heavy (non-hydrogen) atoms. The molecule has 0 spiro atoms. The summed E-state index contributed by atoms with van der Waals surface area (Å²) < 4.78 is 0. The first-order valence-electron chi connectivity index (χ1n) is 4.98. The van der Waals surface area contributed by atoms with E-state index in [-0.39, 0.29) is 17.7 Å². The van der Waals surface area contributed by atoms with Crippen molar-refractivity contribution in [2.75, 3.05) is 0 Å². The Morgan fingerprint density at radius 2 is 1.75 bits per heavy atom. The second-order valence-corrected chi connectivity index (χ2v) is 3.87. The summed E-state index contributed by atoms with van der Waals surface area (Å²) in [6.45, 7) is 1.67. The molecule has 2 heteroatoms. The molecule has 2 nitrogen and oxygen atoms in total. The van der Waals surface area contributed by atoms with Crippen molar-refractivity contribution >= 4 is 5.78 Å². The molecule has 70 valence electrons. The molecule has 0 unspecified atom stereocenters. The van der Waals surface area contributed by atoms with Gasteiger partial charge in [-0.2, -0.15) is 0 Å². The van der Waals surface area contributed by atoms with Gasteiger partial charge >= 0.3 is 0 Å². The molecule has 1 rings (SSSR count). The number of ketones is 1. The number of carbonyl (C=O) groups excluding carboxylic acids is 1. The molecule has 0 aromatic carbocycles. The minimum atomic E-state index is 0.128. The smallest absolute Gasteiger partial charge is 0.134 e. The predicted molar refractivity (Wildman–Crippen MR) is 49.8 cm³/mol. The number of hydrogen-bond donors (Lipinski definition) is 1. The second-order valence-electron chi connectivity index (χ2n) is 3.87. The Morgan fingerprint density at radius 1 is 1.17 bits per heavy atom. The lowest BCUT2D eigenvalue weighted by molar-refractivity contribution is -0.121. The lowest BCUT2D eigenvalue weighted by Crippen LogP contribution is -2.35. The van der Waals surface area contributed by atoms with E-state index < -0.39 is 0 Å². The molecule has 0 saturated heterocycles. The first-order chi connectivity index (χ1) is 5.72. The Labute approximate surface area is 74.5 Å². The van der Waals surface area contributed by atoms with Crippen LogP contribution >= 0.6 is 0 Å². The molecule has 0 heterocycles. The summed E-state index contributed by atoms with van der Waals surface area (Å²) in [5, 5.41) is 0. The van der Waals surface area contributed by atoms with Gasteiger partial charge in [-0.15, -0.1) is 0 Å². The van der Waals surface area contributed by atoms with Crippen molar-refractivity contribution in [3.8, 4) is 0 Å². The number of Topliss-reactive ketones (excluding diaryl/α,β-unsaturated/α-hetero) is 1. The van der Waals surface area contributed by atoms with Crippen LogP contribution in [0.2, 0.25) is 0 Å². The van der Waals surface area contributed by atoms with Gasteiger partial charge in [0.2, 0.25) is 0 Å². The minimum Gasteiger partial charge on any atom is -0.327 e. The molecule has 0 amide bonds. The van der Waals surface area contributed by atoms with Crippen LogP contribution in [0.4, 0.5) is 0 Å². The lowest BCUT2D eigenvalue weighted by Gasteiger charge is -2.23. The van der Waals surface area contributed by atoms with E-state index in [1.807, 2.05) is 0 Å². The fraction of sp³-hybridized carbons (Fsp3) is 0.900. The zero-order valence-corrected chi connectivity index (χ0v) is 7.88. The van der Waals surface area contributed by atoms with Gasteiger partial charge in [-0.3, -0.25) is 4.79 Å². The molecule has 1 aliphatic rings. The Bertz CT molecular complexity index is 156. The van der Waals surface area contributed by atoms with Gasteiger partial charge in [0, 0.05) is 12.0 Å². The summed E-state index contributed by atoms with van der Waals surface area (Å²) in [7, 11) is 0. The zero-order valence-electron chi connectivity index (χ0n) is 7.88. The van der Waals surface area contributed by atoms with Crippen molar-refractivity contribution in [3.63, 3.8) is 0 Å². The Kier molecular flexibility index (Phi) is 3.73. The number of nitrogens with two attached hydrogens (primary N) is 1. The highest BCUT2D eigenvalue weighted by atomic mass is 16.1.